The second-order valence-corrected chi connectivity index (χ2v) is 4.36. The molecule has 0 fully saturated rings. The molecule has 2 rings (SSSR count). The van der Waals surface area contributed by atoms with Gasteiger partial charge in [0, 0.05) is 12.1 Å². The molecule has 2 N–H and O–H groups in total. The molecular weight excluding hydrogens is 260 g/mol. The molecule has 0 amide bonds. The Kier molecular flexibility index (Phi) is 4.37. The van der Waals surface area contributed by atoms with Crippen molar-refractivity contribution in [1.82, 2.24) is 10.5 Å². The zero-order valence-electron chi connectivity index (χ0n) is 11.3. The van der Waals surface area contributed by atoms with Crippen LogP contribution in [0.25, 0.3) is 0 Å². The molecule has 1 heterocycles. The molecule has 6 nitrogen and oxygen atoms in total. The summed E-state index contributed by atoms with van der Waals surface area (Å²) in [6, 6.07) is 9.22. The van der Waals surface area contributed by atoms with E-state index in [2.05, 4.69) is 10.5 Å². The zero-order valence-corrected chi connectivity index (χ0v) is 11.3. The monoisotopic (exact) mass is 276 g/mol. The number of nitrogens with one attached hydrogen (secondary N) is 1. The number of carboxylic acid groups (broad SMARTS) is 1. The normalized spacial score (nSPS) is 12.1. The number of carboxylic acids is 1. The van der Waals surface area contributed by atoms with E-state index >= 15 is 0 Å². The fourth-order valence-corrected chi connectivity index (χ4v) is 1.78. The highest BCUT2D eigenvalue weighted by Gasteiger charge is 2.12. The van der Waals surface area contributed by atoms with E-state index in [0.717, 1.165) is 11.3 Å². The van der Waals surface area contributed by atoms with Crippen LogP contribution in [-0.2, 0) is 6.54 Å². The molecule has 106 valence electrons. The minimum absolute atomic E-state index is 0.0727. The van der Waals surface area contributed by atoms with Crippen LogP contribution in [0.4, 0.5) is 0 Å². The van der Waals surface area contributed by atoms with Crippen molar-refractivity contribution in [1.29, 1.82) is 0 Å². The predicted octanol–water partition coefficient (Wildman–Crippen LogP) is 2.23. The molecule has 1 atom stereocenters. The molecule has 0 unspecified atom stereocenters. The van der Waals surface area contributed by atoms with Gasteiger partial charge < -0.3 is 19.7 Å². The van der Waals surface area contributed by atoms with E-state index in [1.165, 1.54) is 6.07 Å². The molecule has 20 heavy (non-hydrogen) atoms. The van der Waals surface area contributed by atoms with Crippen molar-refractivity contribution in [3.8, 4) is 5.75 Å². The highest BCUT2D eigenvalue weighted by Crippen LogP contribution is 2.19. The third kappa shape index (κ3) is 3.36. The first-order valence-electron chi connectivity index (χ1n) is 6.16. The van der Waals surface area contributed by atoms with Gasteiger partial charge in [0.25, 0.3) is 0 Å². The summed E-state index contributed by atoms with van der Waals surface area (Å²) in [6.45, 7) is 2.40. The van der Waals surface area contributed by atoms with Crippen LogP contribution in [-0.4, -0.2) is 23.3 Å². The largest absolute Gasteiger partial charge is 0.497 e. The van der Waals surface area contributed by atoms with Crippen molar-refractivity contribution >= 4 is 5.97 Å². The Hall–Kier alpha value is -2.34. The van der Waals surface area contributed by atoms with Crippen molar-refractivity contribution in [3.63, 3.8) is 0 Å². The Labute approximate surface area is 116 Å². The zero-order chi connectivity index (χ0) is 14.5. The van der Waals surface area contributed by atoms with Gasteiger partial charge in [-0.05, 0) is 24.6 Å². The minimum Gasteiger partial charge on any atom is -0.497 e. The summed E-state index contributed by atoms with van der Waals surface area (Å²) in [5.41, 5.74) is 0.984. The summed E-state index contributed by atoms with van der Waals surface area (Å²) in [5, 5.41) is 15.5. The number of aromatic nitrogens is 1. The van der Waals surface area contributed by atoms with Crippen LogP contribution >= 0.6 is 0 Å². The maximum absolute atomic E-state index is 10.7. The van der Waals surface area contributed by atoms with Gasteiger partial charge in [-0.1, -0.05) is 17.3 Å². The van der Waals surface area contributed by atoms with Crippen LogP contribution in [0, 0.1) is 0 Å². The van der Waals surface area contributed by atoms with Gasteiger partial charge in [0.15, 0.2) is 11.5 Å². The topological polar surface area (TPSA) is 84.6 Å². The van der Waals surface area contributed by atoms with Crippen LogP contribution in [0.5, 0.6) is 5.75 Å². The summed E-state index contributed by atoms with van der Waals surface area (Å²) in [7, 11) is 1.62. The molecular formula is C14H16N2O4. The van der Waals surface area contributed by atoms with Gasteiger partial charge in [0.05, 0.1) is 13.7 Å². The molecule has 0 saturated carbocycles. The standard InChI is InChI=1S/C14H16N2O4/c1-9(10-4-3-5-11(6-10)19-2)15-8-12-7-13(14(17)18)16-20-12/h3-7,9,15H,8H2,1-2H3,(H,17,18)/t9-/m1/s1. The lowest BCUT2D eigenvalue weighted by molar-refractivity contribution is 0.0685. The van der Waals surface area contributed by atoms with E-state index in [1.807, 2.05) is 31.2 Å². The first-order chi connectivity index (χ1) is 9.60. The second kappa shape index (κ2) is 6.21. The lowest BCUT2D eigenvalue weighted by Crippen LogP contribution is -2.17. The van der Waals surface area contributed by atoms with Gasteiger partial charge in [0.1, 0.15) is 5.75 Å². The molecule has 0 aliphatic carbocycles. The Morgan fingerprint density at radius 3 is 2.95 bits per heavy atom. The fourth-order valence-electron chi connectivity index (χ4n) is 1.78. The van der Waals surface area contributed by atoms with Crippen molar-refractivity contribution in [2.45, 2.75) is 19.5 Å². The van der Waals surface area contributed by atoms with Crippen LogP contribution < -0.4 is 10.1 Å². The number of methoxy groups -OCH3 is 1. The highest BCUT2D eigenvalue weighted by atomic mass is 16.5. The molecule has 6 heteroatoms. The third-order valence-electron chi connectivity index (χ3n) is 2.95. The summed E-state index contributed by atoms with van der Waals surface area (Å²) >= 11 is 0. The number of ether oxygens (including phenoxy) is 1. The first kappa shape index (κ1) is 14.1. The van der Waals surface area contributed by atoms with E-state index in [1.54, 1.807) is 7.11 Å². The molecule has 1 aromatic carbocycles. The molecule has 0 radical (unpaired) electrons. The number of rotatable bonds is 6. The summed E-state index contributed by atoms with van der Waals surface area (Å²) < 4.78 is 10.1. The number of hydrogen-bond donors (Lipinski definition) is 2. The molecule has 1 aromatic heterocycles. The Morgan fingerprint density at radius 1 is 1.50 bits per heavy atom. The Bertz CT molecular complexity index is 594. The fraction of sp³-hybridized carbons (Fsp3) is 0.286. The van der Waals surface area contributed by atoms with Gasteiger partial charge in [-0.15, -0.1) is 0 Å². The number of aromatic carboxylic acids is 1. The van der Waals surface area contributed by atoms with Gasteiger partial charge in [-0.25, -0.2) is 4.79 Å². The van der Waals surface area contributed by atoms with E-state index < -0.39 is 5.97 Å². The SMILES string of the molecule is COc1cccc([C@@H](C)NCc2cc(C(=O)O)no2)c1. The van der Waals surface area contributed by atoms with E-state index in [0.29, 0.717) is 12.3 Å². The Morgan fingerprint density at radius 2 is 2.30 bits per heavy atom. The summed E-state index contributed by atoms with van der Waals surface area (Å²) in [5.74, 6) is 0.182. The van der Waals surface area contributed by atoms with E-state index in [9.17, 15) is 4.79 Å². The van der Waals surface area contributed by atoms with E-state index in [4.69, 9.17) is 14.4 Å². The van der Waals surface area contributed by atoms with E-state index in [-0.39, 0.29) is 11.7 Å². The van der Waals surface area contributed by atoms with Gasteiger partial charge in [-0.3, -0.25) is 0 Å². The van der Waals surface area contributed by atoms with Crippen molar-refractivity contribution in [2.24, 2.45) is 0 Å². The quantitative estimate of drug-likeness (QED) is 0.841. The second-order valence-electron chi connectivity index (χ2n) is 4.36. The number of nitrogens with zero attached hydrogens (tertiary/aromatic N) is 1. The number of benzene rings is 1. The first-order valence-corrected chi connectivity index (χ1v) is 6.16. The van der Waals surface area contributed by atoms with Crippen LogP contribution in [0.15, 0.2) is 34.9 Å². The predicted molar refractivity (Wildman–Crippen MR) is 71.7 cm³/mol. The van der Waals surface area contributed by atoms with Crippen LogP contribution in [0.3, 0.4) is 0 Å². The van der Waals surface area contributed by atoms with Crippen molar-refractivity contribution in [3.05, 3.63) is 47.3 Å². The number of carbonyl (C=O) groups is 1. The molecule has 0 aliphatic heterocycles. The minimum atomic E-state index is -1.10. The van der Waals surface area contributed by atoms with Crippen LogP contribution in [0.1, 0.15) is 34.8 Å². The third-order valence-corrected chi connectivity index (χ3v) is 2.95. The van der Waals surface area contributed by atoms with Crippen molar-refractivity contribution < 1.29 is 19.2 Å². The van der Waals surface area contributed by atoms with Crippen LogP contribution in [0.2, 0.25) is 0 Å². The van der Waals surface area contributed by atoms with Gasteiger partial charge in [0.2, 0.25) is 0 Å². The lowest BCUT2D eigenvalue weighted by Gasteiger charge is -2.13. The maximum Gasteiger partial charge on any atom is 0.358 e. The molecule has 2 aromatic rings. The highest BCUT2D eigenvalue weighted by molar-refractivity contribution is 5.85. The molecule has 0 bridgehead atoms. The molecule has 0 spiro atoms. The average molecular weight is 276 g/mol. The maximum atomic E-state index is 10.7. The van der Waals surface area contributed by atoms with Crippen molar-refractivity contribution in [2.75, 3.05) is 7.11 Å². The van der Waals surface area contributed by atoms with Gasteiger partial charge >= 0.3 is 5.97 Å². The number of hydrogen-bond acceptors (Lipinski definition) is 5. The Balaban J connectivity index is 1.96. The smallest absolute Gasteiger partial charge is 0.358 e. The molecule has 0 aliphatic rings. The summed E-state index contributed by atoms with van der Waals surface area (Å²) in [6.07, 6.45) is 0. The lowest BCUT2D eigenvalue weighted by atomic mass is 10.1. The average Bonchev–Trinajstić information content (AvgIpc) is 2.94. The van der Waals surface area contributed by atoms with Gasteiger partial charge in [-0.2, -0.15) is 0 Å². The molecule has 0 saturated heterocycles. The summed E-state index contributed by atoms with van der Waals surface area (Å²) in [4.78, 5) is 10.7.